The Morgan fingerprint density at radius 1 is 1.08 bits per heavy atom. The van der Waals surface area contributed by atoms with E-state index in [1.807, 2.05) is 38.1 Å². The molecule has 0 aliphatic heterocycles. The molecule has 0 fully saturated rings. The molecule has 0 bridgehead atoms. The van der Waals surface area contributed by atoms with Gasteiger partial charge in [-0.05, 0) is 61.4 Å². The fourth-order valence-electron chi connectivity index (χ4n) is 3.28. The van der Waals surface area contributed by atoms with Gasteiger partial charge in [0, 0.05) is 10.2 Å². The monoisotopic (exact) mass is 558 g/mol. The Hall–Kier alpha value is -3.77. The molecule has 5 nitrogen and oxygen atoms in total. The molecule has 0 saturated heterocycles. The van der Waals surface area contributed by atoms with Crippen molar-refractivity contribution in [1.82, 2.24) is 0 Å². The zero-order chi connectivity index (χ0) is 26.3. The predicted octanol–water partition coefficient (Wildman–Crippen LogP) is 7.30. The van der Waals surface area contributed by atoms with Crippen LogP contribution in [-0.2, 0) is 17.6 Å². The number of nitriles is 1. The second kappa shape index (κ2) is 11.8. The maximum Gasteiger partial charge on any atom is 0.416 e. The van der Waals surface area contributed by atoms with Crippen molar-refractivity contribution in [3.05, 3.63) is 93.0 Å². The highest BCUT2D eigenvalue weighted by molar-refractivity contribution is 9.10. The third-order valence-electron chi connectivity index (χ3n) is 4.95. The lowest BCUT2D eigenvalue weighted by Gasteiger charge is -2.14. The first kappa shape index (κ1) is 26.8. The summed E-state index contributed by atoms with van der Waals surface area (Å²) in [6, 6.07) is 17.2. The smallest absolute Gasteiger partial charge is 0.416 e. The van der Waals surface area contributed by atoms with Gasteiger partial charge in [-0.3, -0.25) is 4.79 Å². The van der Waals surface area contributed by atoms with Gasteiger partial charge in [-0.2, -0.15) is 18.4 Å². The van der Waals surface area contributed by atoms with E-state index in [2.05, 4.69) is 21.2 Å². The van der Waals surface area contributed by atoms with Gasteiger partial charge in [0.2, 0.25) is 0 Å². The van der Waals surface area contributed by atoms with Crippen LogP contribution in [0.5, 0.6) is 11.5 Å². The van der Waals surface area contributed by atoms with Crippen LogP contribution in [0.1, 0.15) is 29.2 Å². The van der Waals surface area contributed by atoms with Gasteiger partial charge in [-0.25, -0.2) is 0 Å². The number of amides is 1. The number of rotatable bonds is 8. The Labute approximate surface area is 215 Å². The number of carbonyl (C=O) groups excluding carboxylic acids is 1. The number of carbonyl (C=O) groups is 1. The van der Waals surface area contributed by atoms with Crippen LogP contribution in [0.3, 0.4) is 0 Å². The van der Waals surface area contributed by atoms with Crippen molar-refractivity contribution in [2.24, 2.45) is 0 Å². The zero-order valence-electron chi connectivity index (χ0n) is 19.4. The lowest BCUT2D eigenvalue weighted by Crippen LogP contribution is -2.14. The maximum atomic E-state index is 13.0. The molecule has 0 aromatic heterocycles. The number of hydrogen-bond donors (Lipinski definition) is 1. The number of benzene rings is 3. The first-order chi connectivity index (χ1) is 17.1. The van der Waals surface area contributed by atoms with Crippen molar-refractivity contribution in [2.45, 2.75) is 26.6 Å². The Bertz CT molecular complexity index is 1330. The topological polar surface area (TPSA) is 71.3 Å². The number of halogens is 4. The number of nitrogens with zero attached hydrogens (tertiary/aromatic N) is 1. The highest BCUT2D eigenvalue weighted by atomic mass is 79.9. The third kappa shape index (κ3) is 7.12. The predicted molar refractivity (Wildman–Crippen MR) is 134 cm³/mol. The molecule has 3 aromatic carbocycles. The number of aryl methyl sites for hydroxylation is 1. The van der Waals surface area contributed by atoms with Crippen molar-refractivity contribution in [3.63, 3.8) is 0 Å². The largest absolute Gasteiger partial charge is 0.490 e. The van der Waals surface area contributed by atoms with Gasteiger partial charge in [0.15, 0.2) is 11.5 Å². The highest BCUT2D eigenvalue weighted by Crippen LogP contribution is 2.36. The van der Waals surface area contributed by atoms with E-state index in [4.69, 9.17) is 9.47 Å². The van der Waals surface area contributed by atoms with E-state index >= 15 is 0 Å². The molecule has 1 N–H and O–H groups in total. The summed E-state index contributed by atoms with van der Waals surface area (Å²) in [6.07, 6.45) is -3.24. The van der Waals surface area contributed by atoms with Crippen molar-refractivity contribution in [1.29, 1.82) is 5.26 Å². The van der Waals surface area contributed by atoms with Crippen LogP contribution in [-0.4, -0.2) is 12.5 Å². The second-order valence-electron chi connectivity index (χ2n) is 7.73. The number of nitrogens with one attached hydrogen (secondary N) is 1. The Kier molecular flexibility index (Phi) is 8.78. The molecular weight excluding hydrogens is 537 g/mol. The molecule has 0 saturated carbocycles. The normalized spacial score (nSPS) is 11.5. The second-order valence-corrected chi connectivity index (χ2v) is 8.59. The first-order valence-corrected chi connectivity index (χ1v) is 11.6. The van der Waals surface area contributed by atoms with Crippen LogP contribution in [0.25, 0.3) is 6.08 Å². The van der Waals surface area contributed by atoms with Gasteiger partial charge in [0.1, 0.15) is 18.2 Å². The molecular formula is C27H22BrF3N2O3. The minimum atomic E-state index is -4.56. The third-order valence-corrected chi connectivity index (χ3v) is 5.64. The molecule has 3 rings (SSSR count). The Morgan fingerprint density at radius 3 is 2.47 bits per heavy atom. The minimum Gasteiger partial charge on any atom is -0.490 e. The molecule has 9 heteroatoms. The summed E-state index contributed by atoms with van der Waals surface area (Å²) < 4.78 is 51.1. The van der Waals surface area contributed by atoms with Crippen molar-refractivity contribution in [2.75, 3.05) is 11.9 Å². The van der Waals surface area contributed by atoms with Crippen molar-refractivity contribution >= 4 is 33.6 Å². The number of ether oxygens (including phenoxy) is 2. The van der Waals surface area contributed by atoms with Gasteiger partial charge in [-0.15, -0.1) is 0 Å². The Morgan fingerprint density at radius 2 is 1.81 bits per heavy atom. The first-order valence-electron chi connectivity index (χ1n) is 10.9. The number of alkyl halides is 3. The fraction of sp³-hybridized carbons (Fsp3) is 0.185. The van der Waals surface area contributed by atoms with E-state index in [0.717, 1.165) is 23.3 Å². The molecule has 0 radical (unpaired) electrons. The van der Waals surface area contributed by atoms with E-state index in [1.54, 1.807) is 18.2 Å². The van der Waals surface area contributed by atoms with Crippen LogP contribution >= 0.6 is 15.9 Å². The zero-order valence-corrected chi connectivity index (χ0v) is 21.0. The number of hydrogen-bond acceptors (Lipinski definition) is 4. The fourth-order valence-corrected chi connectivity index (χ4v) is 3.72. The maximum absolute atomic E-state index is 13.0. The molecule has 36 heavy (non-hydrogen) atoms. The van der Waals surface area contributed by atoms with Crippen molar-refractivity contribution in [3.8, 4) is 17.6 Å². The van der Waals surface area contributed by atoms with E-state index in [-0.39, 0.29) is 11.3 Å². The van der Waals surface area contributed by atoms with Gasteiger partial charge >= 0.3 is 6.18 Å². The average Bonchev–Trinajstić information content (AvgIpc) is 2.83. The summed E-state index contributed by atoms with van der Waals surface area (Å²) in [4.78, 5) is 12.6. The van der Waals surface area contributed by atoms with Crippen LogP contribution < -0.4 is 14.8 Å². The van der Waals surface area contributed by atoms with Crippen molar-refractivity contribution < 1.29 is 27.4 Å². The van der Waals surface area contributed by atoms with E-state index in [1.165, 1.54) is 18.2 Å². The summed E-state index contributed by atoms with van der Waals surface area (Å²) in [5, 5.41) is 11.9. The molecule has 186 valence electrons. The SMILES string of the molecule is CCOc1cc(/C=C(/C#N)C(=O)Nc2cccc(C(F)(F)F)c2)c(Br)cc1OCc1cccc(C)c1. The summed E-state index contributed by atoms with van der Waals surface area (Å²) in [5.41, 5.74) is 1.25. The van der Waals surface area contributed by atoms with Crippen LogP contribution in [0.4, 0.5) is 18.9 Å². The van der Waals surface area contributed by atoms with Crippen LogP contribution in [0.15, 0.2) is 70.7 Å². The molecule has 0 spiro atoms. The molecule has 3 aromatic rings. The lowest BCUT2D eigenvalue weighted by atomic mass is 10.1. The quantitative estimate of drug-likeness (QED) is 0.232. The number of anilines is 1. The van der Waals surface area contributed by atoms with Gasteiger partial charge in [-0.1, -0.05) is 51.8 Å². The molecule has 1 amide bonds. The summed E-state index contributed by atoms with van der Waals surface area (Å²) in [7, 11) is 0. The van der Waals surface area contributed by atoms with E-state index in [9.17, 15) is 23.2 Å². The summed E-state index contributed by atoms with van der Waals surface area (Å²) in [6.45, 7) is 4.47. The Balaban J connectivity index is 1.85. The van der Waals surface area contributed by atoms with E-state index in [0.29, 0.717) is 34.7 Å². The molecule has 0 heterocycles. The van der Waals surface area contributed by atoms with Gasteiger partial charge in [0.25, 0.3) is 5.91 Å². The molecule has 0 aliphatic carbocycles. The van der Waals surface area contributed by atoms with E-state index < -0.39 is 17.6 Å². The van der Waals surface area contributed by atoms with Gasteiger partial charge in [0.05, 0.1) is 12.2 Å². The summed E-state index contributed by atoms with van der Waals surface area (Å²) in [5.74, 6) is 0.0333. The highest BCUT2D eigenvalue weighted by Gasteiger charge is 2.30. The lowest BCUT2D eigenvalue weighted by molar-refractivity contribution is -0.137. The average molecular weight is 559 g/mol. The standard InChI is InChI=1S/C27H22BrF3N2O3/c1-3-35-24-12-19(23(28)14-25(24)36-16-18-7-4-6-17(2)10-18)11-20(15-32)26(34)33-22-9-5-8-21(13-22)27(29,30)31/h4-14H,3,16H2,1-2H3,(H,33,34)/b20-11-. The van der Waals surface area contributed by atoms with Crippen LogP contribution in [0.2, 0.25) is 0 Å². The molecule has 0 unspecified atom stereocenters. The minimum absolute atomic E-state index is 0.0788. The summed E-state index contributed by atoms with van der Waals surface area (Å²) >= 11 is 3.43. The molecule has 0 atom stereocenters. The van der Waals surface area contributed by atoms with Crippen LogP contribution in [0, 0.1) is 18.3 Å². The van der Waals surface area contributed by atoms with Gasteiger partial charge < -0.3 is 14.8 Å². The molecule has 0 aliphatic rings.